The van der Waals surface area contributed by atoms with E-state index in [1.54, 1.807) is 36.1 Å². The molecule has 0 aliphatic rings. The number of thioether (sulfide) groups is 1. The molecule has 0 radical (unpaired) electrons. The predicted molar refractivity (Wildman–Crippen MR) is 115 cm³/mol. The maximum absolute atomic E-state index is 14.0. The van der Waals surface area contributed by atoms with Crippen molar-refractivity contribution in [1.29, 1.82) is 0 Å². The standard InChI is InChI=1S/C21H16ClF2N5OS/c1-28(10-16-17(22)3-2-4-18(16)24)19(30)11-31-21-15-9-27-29(20(15)25-12-26-21)14-7-5-13(23)6-8-14/h2-9,12H,10-11H2,1H3. The minimum absolute atomic E-state index is 0.0621. The van der Waals surface area contributed by atoms with Gasteiger partial charge in [0.15, 0.2) is 5.65 Å². The number of amides is 1. The first-order valence-corrected chi connectivity index (χ1v) is 10.5. The van der Waals surface area contributed by atoms with Crippen LogP contribution in [0, 0.1) is 11.6 Å². The number of benzene rings is 2. The number of halogens is 3. The lowest BCUT2D eigenvalue weighted by Crippen LogP contribution is -2.28. The zero-order chi connectivity index (χ0) is 22.0. The summed E-state index contributed by atoms with van der Waals surface area (Å²) in [6, 6.07) is 10.3. The Labute approximate surface area is 185 Å². The molecule has 0 unspecified atom stereocenters. The third-order valence-corrected chi connectivity index (χ3v) is 5.96. The van der Waals surface area contributed by atoms with Crippen LogP contribution in [-0.4, -0.2) is 43.4 Å². The number of carbonyl (C=O) groups is 1. The van der Waals surface area contributed by atoms with Crippen molar-refractivity contribution in [3.8, 4) is 5.69 Å². The van der Waals surface area contributed by atoms with E-state index in [4.69, 9.17) is 11.6 Å². The van der Waals surface area contributed by atoms with Gasteiger partial charge in [-0.3, -0.25) is 4.79 Å². The second-order valence-corrected chi connectivity index (χ2v) is 8.06. The van der Waals surface area contributed by atoms with E-state index in [2.05, 4.69) is 15.1 Å². The zero-order valence-corrected chi connectivity index (χ0v) is 17.9. The molecule has 0 bridgehead atoms. The summed E-state index contributed by atoms with van der Waals surface area (Å²) < 4.78 is 28.8. The molecule has 0 saturated carbocycles. The van der Waals surface area contributed by atoms with E-state index < -0.39 is 5.82 Å². The zero-order valence-electron chi connectivity index (χ0n) is 16.3. The number of nitrogens with zero attached hydrogens (tertiary/aromatic N) is 5. The highest BCUT2D eigenvalue weighted by Gasteiger charge is 2.17. The van der Waals surface area contributed by atoms with Crippen LogP contribution in [0.25, 0.3) is 16.7 Å². The van der Waals surface area contributed by atoms with Crippen LogP contribution in [0.5, 0.6) is 0 Å². The summed E-state index contributed by atoms with van der Waals surface area (Å²) in [5.41, 5.74) is 1.47. The van der Waals surface area contributed by atoms with E-state index in [9.17, 15) is 13.6 Å². The first-order valence-electron chi connectivity index (χ1n) is 9.18. The largest absolute Gasteiger partial charge is 0.341 e. The fraction of sp³-hybridized carbons (Fsp3) is 0.143. The lowest BCUT2D eigenvalue weighted by atomic mass is 10.2. The minimum Gasteiger partial charge on any atom is -0.341 e. The topological polar surface area (TPSA) is 63.9 Å². The van der Waals surface area contributed by atoms with Gasteiger partial charge in [-0.1, -0.05) is 29.4 Å². The average Bonchev–Trinajstić information content (AvgIpc) is 3.20. The quantitative estimate of drug-likeness (QED) is 0.314. The van der Waals surface area contributed by atoms with Crippen LogP contribution in [0.15, 0.2) is 60.0 Å². The molecule has 4 rings (SSSR count). The van der Waals surface area contributed by atoms with E-state index in [0.717, 1.165) is 0 Å². The molecule has 4 aromatic rings. The number of hydrogen-bond donors (Lipinski definition) is 0. The summed E-state index contributed by atoms with van der Waals surface area (Å²) in [6.45, 7) is 0.0621. The molecule has 0 aliphatic carbocycles. The van der Waals surface area contributed by atoms with Gasteiger partial charge in [-0.15, -0.1) is 0 Å². The van der Waals surface area contributed by atoms with Gasteiger partial charge in [-0.25, -0.2) is 23.4 Å². The van der Waals surface area contributed by atoms with Gasteiger partial charge < -0.3 is 4.90 Å². The fourth-order valence-electron chi connectivity index (χ4n) is 2.96. The predicted octanol–water partition coefficient (Wildman–Crippen LogP) is 4.50. The lowest BCUT2D eigenvalue weighted by Gasteiger charge is -2.18. The molecule has 158 valence electrons. The van der Waals surface area contributed by atoms with Crippen LogP contribution in [0.4, 0.5) is 8.78 Å². The first-order chi connectivity index (χ1) is 14.9. The van der Waals surface area contributed by atoms with Crippen LogP contribution in [0.3, 0.4) is 0 Å². The summed E-state index contributed by atoms with van der Waals surface area (Å²) in [4.78, 5) is 22.5. The molecule has 2 aromatic heterocycles. The second kappa shape index (κ2) is 8.99. The van der Waals surface area contributed by atoms with Gasteiger partial charge in [0.1, 0.15) is 23.0 Å². The summed E-state index contributed by atoms with van der Waals surface area (Å²) in [7, 11) is 1.59. The Morgan fingerprint density at radius 3 is 2.68 bits per heavy atom. The van der Waals surface area contributed by atoms with Gasteiger partial charge in [-0.05, 0) is 36.4 Å². The van der Waals surface area contributed by atoms with Crippen molar-refractivity contribution in [2.75, 3.05) is 12.8 Å². The molecule has 0 N–H and O–H groups in total. The van der Waals surface area contributed by atoms with Gasteiger partial charge in [0.05, 0.1) is 23.0 Å². The van der Waals surface area contributed by atoms with Crippen LogP contribution in [0.2, 0.25) is 5.02 Å². The second-order valence-electron chi connectivity index (χ2n) is 6.69. The Hall–Kier alpha value is -3.04. The monoisotopic (exact) mass is 459 g/mol. The summed E-state index contributed by atoms with van der Waals surface area (Å²) >= 11 is 7.28. The number of fused-ring (bicyclic) bond motifs is 1. The van der Waals surface area contributed by atoms with Gasteiger partial charge >= 0.3 is 0 Å². The van der Waals surface area contributed by atoms with Crippen molar-refractivity contribution in [2.24, 2.45) is 0 Å². The molecule has 0 fully saturated rings. The Kier molecular flexibility index (Phi) is 6.15. The summed E-state index contributed by atoms with van der Waals surface area (Å²) in [5.74, 6) is -0.908. The molecular formula is C21H16ClF2N5OS. The molecule has 0 aliphatic heterocycles. The Morgan fingerprint density at radius 1 is 1.16 bits per heavy atom. The van der Waals surface area contributed by atoms with E-state index in [1.807, 2.05) is 0 Å². The van der Waals surface area contributed by atoms with E-state index in [0.29, 0.717) is 21.7 Å². The Morgan fingerprint density at radius 2 is 1.94 bits per heavy atom. The van der Waals surface area contributed by atoms with Crippen molar-refractivity contribution >= 4 is 40.3 Å². The van der Waals surface area contributed by atoms with Crippen LogP contribution < -0.4 is 0 Å². The van der Waals surface area contributed by atoms with Crippen LogP contribution >= 0.6 is 23.4 Å². The lowest BCUT2D eigenvalue weighted by molar-refractivity contribution is -0.127. The van der Waals surface area contributed by atoms with Crippen molar-refractivity contribution < 1.29 is 13.6 Å². The number of rotatable bonds is 6. The van der Waals surface area contributed by atoms with Crippen molar-refractivity contribution in [3.63, 3.8) is 0 Å². The molecule has 1 amide bonds. The van der Waals surface area contributed by atoms with Gasteiger partial charge in [0.25, 0.3) is 0 Å². The van der Waals surface area contributed by atoms with E-state index >= 15 is 0 Å². The SMILES string of the molecule is CN(Cc1c(F)cccc1Cl)C(=O)CSc1ncnc2c1cnn2-c1ccc(F)cc1. The number of aromatic nitrogens is 4. The molecule has 0 spiro atoms. The summed E-state index contributed by atoms with van der Waals surface area (Å²) in [6.07, 6.45) is 2.99. The van der Waals surface area contributed by atoms with Gasteiger partial charge in [0, 0.05) is 24.2 Å². The Balaban J connectivity index is 1.49. The molecule has 0 saturated heterocycles. The van der Waals surface area contributed by atoms with Crippen molar-refractivity contribution in [2.45, 2.75) is 11.6 Å². The van der Waals surface area contributed by atoms with Crippen molar-refractivity contribution in [1.82, 2.24) is 24.6 Å². The molecule has 2 heterocycles. The third kappa shape index (κ3) is 4.52. The highest BCUT2D eigenvalue weighted by atomic mass is 35.5. The average molecular weight is 460 g/mol. The van der Waals surface area contributed by atoms with E-state index in [1.165, 1.54) is 47.3 Å². The van der Waals surface area contributed by atoms with Crippen LogP contribution in [0.1, 0.15) is 5.56 Å². The third-order valence-electron chi connectivity index (χ3n) is 4.62. The number of carbonyl (C=O) groups excluding carboxylic acids is 1. The normalized spacial score (nSPS) is 11.1. The molecule has 10 heteroatoms. The number of hydrogen-bond acceptors (Lipinski definition) is 5. The highest BCUT2D eigenvalue weighted by molar-refractivity contribution is 8.00. The fourth-order valence-corrected chi connectivity index (χ4v) is 4.08. The maximum atomic E-state index is 14.0. The molecule has 0 atom stereocenters. The Bertz CT molecular complexity index is 1230. The minimum atomic E-state index is -0.453. The highest BCUT2D eigenvalue weighted by Crippen LogP contribution is 2.26. The maximum Gasteiger partial charge on any atom is 0.233 e. The smallest absolute Gasteiger partial charge is 0.233 e. The first kappa shape index (κ1) is 21.2. The van der Waals surface area contributed by atoms with Gasteiger partial charge in [0.2, 0.25) is 5.91 Å². The van der Waals surface area contributed by atoms with E-state index in [-0.39, 0.29) is 34.6 Å². The van der Waals surface area contributed by atoms with Crippen molar-refractivity contribution in [3.05, 3.63) is 77.2 Å². The van der Waals surface area contributed by atoms with Crippen LogP contribution in [-0.2, 0) is 11.3 Å². The molecular weight excluding hydrogens is 444 g/mol. The molecule has 31 heavy (non-hydrogen) atoms. The molecule has 2 aromatic carbocycles. The summed E-state index contributed by atoms with van der Waals surface area (Å²) in [5, 5.41) is 5.85. The van der Waals surface area contributed by atoms with Gasteiger partial charge in [-0.2, -0.15) is 5.10 Å². The molecule has 6 nitrogen and oxygen atoms in total.